The lowest BCUT2D eigenvalue weighted by Crippen LogP contribution is -2.42. The molecule has 1 aliphatic rings. The highest BCUT2D eigenvalue weighted by molar-refractivity contribution is 5.93. The Morgan fingerprint density at radius 3 is 2.64 bits per heavy atom. The van der Waals surface area contributed by atoms with Crippen molar-refractivity contribution in [3.05, 3.63) is 23.9 Å². The summed E-state index contributed by atoms with van der Waals surface area (Å²) >= 11 is 0. The highest BCUT2D eigenvalue weighted by atomic mass is 19.3. The number of ether oxygens (including phenoxy) is 1. The molecule has 2 rings (SSSR count). The van der Waals surface area contributed by atoms with E-state index in [0.29, 0.717) is 6.54 Å². The zero-order chi connectivity index (χ0) is 18.5. The molecule has 0 bridgehead atoms. The molecule has 0 aromatic carbocycles. The normalized spacial score (nSPS) is 17.4. The van der Waals surface area contributed by atoms with Gasteiger partial charge in [-0.1, -0.05) is 6.92 Å². The molecule has 0 atom stereocenters. The molecule has 140 valence electrons. The largest absolute Gasteiger partial charge is 0.471 e. The minimum absolute atomic E-state index is 0.0260. The van der Waals surface area contributed by atoms with Crippen LogP contribution < -0.4 is 15.4 Å². The maximum Gasteiger partial charge on any atom is 0.340 e. The fourth-order valence-electron chi connectivity index (χ4n) is 2.44. The van der Waals surface area contributed by atoms with Crippen LogP contribution in [0.2, 0.25) is 0 Å². The Bertz CT molecular complexity index is 575. The number of halogens is 4. The summed E-state index contributed by atoms with van der Waals surface area (Å²) in [5, 5.41) is 6.09. The van der Waals surface area contributed by atoms with E-state index in [1.54, 1.807) is 0 Å². The molecule has 0 unspecified atom stereocenters. The molecule has 0 saturated carbocycles. The minimum atomic E-state index is -4.25. The Morgan fingerprint density at radius 2 is 2.08 bits per heavy atom. The van der Waals surface area contributed by atoms with Gasteiger partial charge in [0.25, 0.3) is 5.91 Å². The SMILES string of the molecule is CC1(CNC(=O)c2ccc(OCC(F)(F)C(F)F)nc2)CCNCC1. The van der Waals surface area contributed by atoms with Gasteiger partial charge in [0.05, 0.1) is 5.56 Å². The smallest absolute Gasteiger partial charge is 0.340 e. The molecule has 9 heteroatoms. The fourth-order valence-corrected chi connectivity index (χ4v) is 2.44. The van der Waals surface area contributed by atoms with E-state index in [1.165, 1.54) is 12.1 Å². The van der Waals surface area contributed by atoms with Crippen molar-refractivity contribution < 1.29 is 27.1 Å². The van der Waals surface area contributed by atoms with Crippen molar-refractivity contribution in [2.75, 3.05) is 26.2 Å². The van der Waals surface area contributed by atoms with Gasteiger partial charge in [-0.2, -0.15) is 8.78 Å². The van der Waals surface area contributed by atoms with E-state index in [4.69, 9.17) is 0 Å². The number of rotatable bonds is 7. The summed E-state index contributed by atoms with van der Waals surface area (Å²) in [5.41, 5.74) is 0.267. The molecule has 25 heavy (non-hydrogen) atoms. The van der Waals surface area contributed by atoms with Crippen molar-refractivity contribution in [2.24, 2.45) is 5.41 Å². The van der Waals surface area contributed by atoms with Crippen molar-refractivity contribution in [2.45, 2.75) is 32.1 Å². The first-order chi connectivity index (χ1) is 11.7. The van der Waals surface area contributed by atoms with Gasteiger partial charge in [0.2, 0.25) is 5.88 Å². The Morgan fingerprint density at radius 1 is 1.40 bits per heavy atom. The fraction of sp³-hybridized carbons (Fsp3) is 0.625. The van der Waals surface area contributed by atoms with Crippen LogP contribution in [0.25, 0.3) is 0 Å². The van der Waals surface area contributed by atoms with Crippen molar-refractivity contribution in [1.82, 2.24) is 15.6 Å². The molecule has 5 nitrogen and oxygen atoms in total. The second-order valence-electron chi connectivity index (χ2n) is 6.48. The first-order valence-corrected chi connectivity index (χ1v) is 7.96. The monoisotopic (exact) mass is 363 g/mol. The van der Waals surface area contributed by atoms with Crippen molar-refractivity contribution in [3.63, 3.8) is 0 Å². The third-order valence-corrected chi connectivity index (χ3v) is 4.22. The van der Waals surface area contributed by atoms with Crippen LogP contribution in [-0.2, 0) is 0 Å². The van der Waals surface area contributed by atoms with Crippen molar-refractivity contribution in [1.29, 1.82) is 0 Å². The average Bonchev–Trinajstić information content (AvgIpc) is 2.59. The lowest BCUT2D eigenvalue weighted by molar-refractivity contribution is -0.148. The quantitative estimate of drug-likeness (QED) is 0.731. The molecule has 0 spiro atoms. The molecular formula is C16H21F4N3O2. The highest BCUT2D eigenvalue weighted by Crippen LogP contribution is 2.27. The van der Waals surface area contributed by atoms with Gasteiger partial charge in [0, 0.05) is 18.8 Å². The molecule has 1 aromatic rings. The van der Waals surface area contributed by atoms with E-state index in [9.17, 15) is 22.4 Å². The van der Waals surface area contributed by atoms with E-state index in [2.05, 4.69) is 27.3 Å². The van der Waals surface area contributed by atoms with Gasteiger partial charge in [-0.15, -0.1) is 0 Å². The molecule has 2 N–H and O–H groups in total. The van der Waals surface area contributed by atoms with Gasteiger partial charge < -0.3 is 15.4 Å². The molecule has 1 amide bonds. The second-order valence-corrected chi connectivity index (χ2v) is 6.48. The van der Waals surface area contributed by atoms with Crippen LogP contribution in [0, 0.1) is 5.41 Å². The summed E-state index contributed by atoms with van der Waals surface area (Å²) in [7, 11) is 0. The van der Waals surface area contributed by atoms with E-state index < -0.39 is 19.0 Å². The van der Waals surface area contributed by atoms with Crippen LogP contribution in [0.4, 0.5) is 17.6 Å². The zero-order valence-corrected chi connectivity index (χ0v) is 13.8. The van der Waals surface area contributed by atoms with Gasteiger partial charge in [0.15, 0.2) is 6.61 Å². The number of carbonyl (C=O) groups is 1. The summed E-state index contributed by atoms with van der Waals surface area (Å²) in [6, 6.07) is 2.55. The van der Waals surface area contributed by atoms with Crippen LogP contribution in [0.3, 0.4) is 0 Å². The molecule has 0 radical (unpaired) electrons. The van der Waals surface area contributed by atoms with Gasteiger partial charge in [-0.25, -0.2) is 13.8 Å². The van der Waals surface area contributed by atoms with Crippen LogP contribution >= 0.6 is 0 Å². The van der Waals surface area contributed by atoms with Crippen LogP contribution in [0.15, 0.2) is 18.3 Å². The number of aromatic nitrogens is 1. The number of alkyl halides is 4. The first-order valence-electron chi connectivity index (χ1n) is 7.96. The molecule has 1 aromatic heterocycles. The number of pyridine rings is 1. The minimum Gasteiger partial charge on any atom is -0.471 e. The average molecular weight is 363 g/mol. The molecule has 0 aliphatic carbocycles. The molecule has 1 saturated heterocycles. The third-order valence-electron chi connectivity index (χ3n) is 4.22. The van der Waals surface area contributed by atoms with Gasteiger partial charge in [-0.3, -0.25) is 4.79 Å². The number of nitrogens with zero attached hydrogens (tertiary/aromatic N) is 1. The molecule has 1 aliphatic heterocycles. The lowest BCUT2D eigenvalue weighted by Gasteiger charge is -2.34. The predicted octanol–water partition coefficient (Wildman–Crippen LogP) is 2.48. The van der Waals surface area contributed by atoms with E-state index >= 15 is 0 Å². The van der Waals surface area contributed by atoms with Gasteiger partial charge in [-0.05, 0) is 37.4 Å². The molecule has 2 heterocycles. The number of hydrogen-bond donors (Lipinski definition) is 2. The Labute approximate surface area is 143 Å². The summed E-state index contributed by atoms with van der Waals surface area (Å²) in [4.78, 5) is 15.8. The van der Waals surface area contributed by atoms with Crippen molar-refractivity contribution in [3.8, 4) is 5.88 Å². The number of piperidine rings is 1. The van der Waals surface area contributed by atoms with E-state index in [-0.39, 0.29) is 22.8 Å². The van der Waals surface area contributed by atoms with Gasteiger partial charge in [0.1, 0.15) is 0 Å². The number of carbonyl (C=O) groups excluding carboxylic acids is 1. The Kier molecular flexibility index (Phi) is 6.21. The predicted molar refractivity (Wildman–Crippen MR) is 83.2 cm³/mol. The van der Waals surface area contributed by atoms with E-state index in [0.717, 1.165) is 32.1 Å². The summed E-state index contributed by atoms with van der Waals surface area (Å²) in [5.74, 6) is -4.83. The van der Waals surface area contributed by atoms with Gasteiger partial charge >= 0.3 is 12.3 Å². The molecular weight excluding hydrogens is 342 g/mol. The van der Waals surface area contributed by atoms with Crippen LogP contribution in [0.1, 0.15) is 30.1 Å². The van der Waals surface area contributed by atoms with E-state index in [1.807, 2.05) is 0 Å². The Hall–Kier alpha value is -1.90. The maximum atomic E-state index is 12.8. The second kappa shape index (κ2) is 7.99. The number of amides is 1. The summed E-state index contributed by atoms with van der Waals surface area (Å²) < 4.78 is 54.2. The molecule has 1 fully saturated rings. The number of nitrogens with one attached hydrogen (secondary N) is 2. The standard InChI is InChI=1S/C16H21F4N3O2/c1-15(4-6-21-7-5-15)9-23-13(24)11-2-3-12(22-8-11)25-10-16(19,20)14(17)18/h2-3,8,14,21H,4-7,9-10H2,1H3,(H,23,24). The summed E-state index contributed by atoms with van der Waals surface area (Å²) in [6.07, 6.45) is -0.739. The Balaban J connectivity index is 1.85. The van der Waals surface area contributed by atoms with Crippen LogP contribution in [0.5, 0.6) is 5.88 Å². The topological polar surface area (TPSA) is 63.2 Å². The van der Waals surface area contributed by atoms with Crippen molar-refractivity contribution >= 4 is 5.91 Å². The number of hydrogen-bond acceptors (Lipinski definition) is 4. The maximum absolute atomic E-state index is 12.8. The summed E-state index contributed by atoms with van der Waals surface area (Å²) in [6.45, 7) is 2.96. The zero-order valence-electron chi connectivity index (χ0n) is 13.8. The third kappa shape index (κ3) is 5.55. The highest BCUT2D eigenvalue weighted by Gasteiger charge is 2.41. The lowest BCUT2D eigenvalue weighted by atomic mass is 9.81. The van der Waals surface area contributed by atoms with Crippen LogP contribution in [-0.4, -0.2) is 49.5 Å². The first kappa shape index (κ1) is 19.4.